The fraction of sp³-hybridized carbons (Fsp3) is 0.0667. The van der Waals surface area contributed by atoms with E-state index in [1.54, 1.807) is 12.3 Å². The number of hydrogen-bond acceptors (Lipinski definition) is 7. The van der Waals surface area contributed by atoms with Gasteiger partial charge in [0.25, 0.3) is 5.91 Å². The summed E-state index contributed by atoms with van der Waals surface area (Å²) < 4.78 is 26.2. The zero-order chi connectivity index (χ0) is 18.6. The van der Waals surface area contributed by atoms with Gasteiger partial charge in [-0.05, 0) is 30.3 Å². The van der Waals surface area contributed by atoms with E-state index in [4.69, 9.17) is 11.6 Å². The number of nitrogens with one attached hydrogen (secondary N) is 2. The molecule has 1 aromatic heterocycles. The Bertz CT molecular complexity index is 1160. The lowest BCUT2D eigenvalue weighted by Gasteiger charge is -2.31. The van der Waals surface area contributed by atoms with Crippen molar-refractivity contribution in [1.29, 1.82) is 0 Å². The van der Waals surface area contributed by atoms with Crippen LogP contribution in [0.4, 0.5) is 5.69 Å². The number of carbonyl (C=O) groups is 1. The first-order valence-corrected chi connectivity index (χ1v) is 9.14. The minimum Gasteiger partial charge on any atom is -0.355 e. The van der Waals surface area contributed by atoms with E-state index >= 15 is 0 Å². The lowest BCUT2D eigenvalue weighted by atomic mass is 10.1. The third kappa shape index (κ3) is 2.35. The molecule has 0 aliphatic carbocycles. The molecule has 4 N–H and O–H groups in total. The quantitative estimate of drug-likeness (QED) is 0.484. The Morgan fingerprint density at radius 1 is 1.23 bits per heavy atom. The van der Waals surface area contributed by atoms with Crippen LogP contribution in [0, 0.1) is 0 Å². The molecule has 134 valence electrons. The summed E-state index contributed by atoms with van der Waals surface area (Å²) in [5.74, 6) is -1.02. The average molecular weight is 395 g/mol. The Kier molecular flexibility index (Phi) is 3.66. The fourth-order valence-corrected chi connectivity index (χ4v) is 4.45. The number of amides is 1. The maximum Gasteiger partial charge on any atom is 0.284 e. The van der Waals surface area contributed by atoms with Crippen LogP contribution in [0.2, 0.25) is 5.02 Å². The van der Waals surface area contributed by atoms with Gasteiger partial charge in [-0.1, -0.05) is 11.6 Å². The van der Waals surface area contributed by atoms with Crippen LogP contribution in [0.1, 0.15) is 10.4 Å². The number of nitrogens with zero attached hydrogens (tertiary/aromatic N) is 2. The van der Waals surface area contributed by atoms with Crippen LogP contribution in [-0.2, 0) is 9.84 Å². The highest BCUT2D eigenvalue weighted by molar-refractivity contribution is 7.91. The van der Waals surface area contributed by atoms with E-state index in [9.17, 15) is 23.5 Å². The number of anilines is 1. The molecule has 1 aliphatic rings. The highest BCUT2D eigenvalue weighted by atomic mass is 35.5. The van der Waals surface area contributed by atoms with E-state index in [2.05, 4.69) is 15.5 Å². The molecule has 0 saturated carbocycles. The Balaban J connectivity index is 1.94. The molecule has 2 aromatic carbocycles. The van der Waals surface area contributed by atoms with Gasteiger partial charge in [0.05, 0.1) is 37.8 Å². The smallest absolute Gasteiger partial charge is 0.284 e. The van der Waals surface area contributed by atoms with Crippen LogP contribution in [0.15, 0.2) is 46.3 Å². The van der Waals surface area contributed by atoms with Crippen molar-refractivity contribution in [3.63, 3.8) is 0 Å². The number of aromatic amines is 1. The molecule has 0 spiro atoms. The van der Waals surface area contributed by atoms with Crippen molar-refractivity contribution >= 4 is 43.9 Å². The van der Waals surface area contributed by atoms with Gasteiger partial charge in [-0.15, -0.1) is 0 Å². The van der Waals surface area contributed by atoms with Crippen LogP contribution in [0.25, 0.3) is 10.9 Å². The molecule has 2 heterocycles. The minimum atomic E-state index is -4.06. The predicted molar refractivity (Wildman–Crippen MR) is 90.6 cm³/mol. The monoisotopic (exact) mass is 394 g/mol. The maximum absolute atomic E-state index is 13.1. The van der Waals surface area contributed by atoms with Crippen molar-refractivity contribution < 1.29 is 23.5 Å². The van der Waals surface area contributed by atoms with Crippen molar-refractivity contribution in [3.8, 4) is 0 Å². The molecule has 1 atom stereocenters. The van der Waals surface area contributed by atoms with E-state index in [1.807, 2.05) is 0 Å². The number of sulfone groups is 1. The Labute approximate surface area is 151 Å². The first kappa shape index (κ1) is 16.8. The fourth-order valence-electron chi connectivity index (χ4n) is 2.76. The summed E-state index contributed by atoms with van der Waals surface area (Å²) in [5, 5.41) is 29.0. The topological polar surface area (TPSA) is 136 Å². The zero-order valence-electron chi connectivity index (χ0n) is 12.8. The third-order valence-electron chi connectivity index (χ3n) is 4.06. The van der Waals surface area contributed by atoms with Gasteiger partial charge in [-0.25, -0.2) is 8.42 Å². The average Bonchev–Trinajstić information content (AvgIpc) is 3.07. The molecule has 3 aromatic rings. The van der Waals surface area contributed by atoms with Gasteiger partial charge in [0.1, 0.15) is 0 Å². The van der Waals surface area contributed by atoms with E-state index in [1.165, 1.54) is 24.3 Å². The van der Waals surface area contributed by atoms with Gasteiger partial charge in [-0.3, -0.25) is 15.1 Å². The summed E-state index contributed by atoms with van der Waals surface area (Å²) in [5.41, 5.74) is 0.104. The molecule has 0 bridgehead atoms. The van der Waals surface area contributed by atoms with Crippen LogP contribution in [0.5, 0.6) is 0 Å². The minimum absolute atomic E-state index is 0.0290. The summed E-state index contributed by atoms with van der Waals surface area (Å²) >= 11 is 5.99. The van der Waals surface area contributed by atoms with Crippen LogP contribution < -0.4 is 5.32 Å². The molecular formula is C15H11ClN4O5S. The molecule has 11 heteroatoms. The van der Waals surface area contributed by atoms with Crippen molar-refractivity contribution in [2.45, 2.75) is 16.1 Å². The van der Waals surface area contributed by atoms with E-state index in [0.29, 0.717) is 5.52 Å². The Morgan fingerprint density at radius 3 is 2.77 bits per heavy atom. The van der Waals surface area contributed by atoms with E-state index in [-0.39, 0.29) is 31.1 Å². The van der Waals surface area contributed by atoms with Crippen LogP contribution in [0.3, 0.4) is 0 Å². The standard InChI is InChI=1S/C15H11ClN4O5S/c16-9-3-4-11(13-12(9)14(21)20(23)15(22)18-13)26(24,25)8-2-1-7-6-17-19-10(7)5-8/h1-6,15,18,22-23H,(H,17,19). The van der Waals surface area contributed by atoms with Crippen LogP contribution in [-0.4, -0.2) is 46.3 Å². The number of hydrogen-bond donors (Lipinski definition) is 4. The molecule has 0 fully saturated rings. The summed E-state index contributed by atoms with van der Waals surface area (Å²) in [6, 6.07) is 6.89. The highest BCUT2D eigenvalue weighted by Crippen LogP contribution is 2.38. The van der Waals surface area contributed by atoms with Gasteiger partial charge < -0.3 is 10.4 Å². The molecule has 9 nitrogen and oxygen atoms in total. The van der Waals surface area contributed by atoms with Gasteiger partial charge in [0.2, 0.25) is 16.2 Å². The number of aliphatic hydroxyl groups is 1. The van der Waals surface area contributed by atoms with Gasteiger partial charge in [0.15, 0.2) is 0 Å². The zero-order valence-corrected chi connectivity index (χ0v) is 14.4. The number of fused-ring (bicyclic) bond motifs is 2. The molecule has 1 aliphatic heterocycles. The first-order valence-electron chi connectivity index (χ1n) is 7.28. The maximum atomic E-state index is 13.1. The second-order valence-electron chi connectivity index (χ2n) is 5.59. The van der Waals surface area contributed by atoms with Gasteiger partial charge in [-0.2, -0.15) is 10.2 Å². The highest BCUT2D eigenvalue weighted by Gasteiger charge is 2.36. The number of aromatic nitrogens is 2. The molecule has 1 unspecified atom stereocenters. The number of benzene rings is 2. The second kappa shape index (κ2) is 5.68. The number of rotatable bonds is 2. The Morgan fingerprint density at radius 2 is 2.00 bits per heavy atom. The van der Waals surface area contributed by atoms with Crippen molar-refractivity contribution in [3.05, 3.63) is 47.1 Å². The summed E-state index contributed by atoms with van der Waals surface area (Å²) in [6.45, 7) is 0. The first-order chi connectivity index (χ1) is 12.3. The van der Waals surface area contributed by atoms with E-state index in [0.717, 1.165) is 5.39 Å². The summed E-state index contributed by atoms with van der Waals surface area (Å²) in [7, 11) is -4.06. The second-order valence-corrected chi connectivity index (χ2v) is 7.91. The number of carbonyl (C=O) groups excluding carboxylic acids is 1. The van der Waals surface area contributed by atoms with Crippen molar-refractivity contribution in [1.82, 2.24) is 15.3 Å². The molecule has 26 heavy (non-hydrogen) atoms. The van der Waals surface area contributed by atoms with E-state index < -0.39 is 22.1 Å². The number of halogens is 1. The number of hydroxylamine groups is 2. The molecule has 0 saturated heterocycles. The molecule has 4 rings (SSSR count). The normalized spacial score (nSPS) is 17.3. The van der Waals surface area contributed by atoms with Gasteiger partial charge >= 0.3 is 0 Å². The number of H-pyrrole nitrogens is 1. The SMILES string of the molecule is O=C1c2c(Cl)ccc(S(=O)(=O)c3ccc4cn[nH]c4c3)c2NC(O)N1O. The Hall–Kier alpha value is -2.66. The summed E-state index contributed by atoms with van der Waals surface area (Å²) in [6.07, 6.45) is -0.250. The summed E-state index contributed by atoms with van der Waals surface area (Å²) in [4.78, 5) is 11.9. The molecular weight excluding hydrogens is 384 g/mol. The lowest BCUT2D eigenvalue weighted by molar-refractivity contribution is -0.148. The van der Waals surface area contributed by atoms with Gasteiger partial charge in [0, 0.05) is 5.39 Å². The number of aliphatic hydroxyl groups excluding tert-OH is 1. The molecule has 0 radical (unpaired) electrons. The molecule has 1 amide bonds. The van der Waals surface area contributed by atoms with Crippen LogP contribution >= 0.6 is 11.6 Å². The van der Waals surface area contributed by atoms with Crippen molar-refractivity contribution in [2.75, 3.05) is 5.32 Å². The third-order valence-corrected chi connectivity index (χ3v) is 6.17. The van der Waals surface area contributed by atoms with Crippen molar-refractivity contribution in [2.24, 2.45) is 0 Å². The lowest BCUT2D eigenvalue weighted by Crippen LogP contribution is -2.47. The predicted octanol–water partition coefficient (Wildman–Crippen LogP) is 1.58. The largest absolute Gasteiger partial charge is 0.355 e.